The second-order valence-corrected chi connectivity index (χ2v) is 6.94. The maximum absolute atomic E-state index is 12.0. The number of carbonyl (C=O) groups excluding carboxylic acids is 1. The maximum atomic E-state index is 12.0. The second-order valence-electron chi connectivity index (χ2n) is 6.94. The van der Waals surface area contributed by atoms with Gasteiger partial charge in [0.1, 0.15) is 0 Å². The number of rotatable bonds is 6. The van der Waals surface area contributed by atoms with Crippen LogP contribution >= 0.6 is 0 Å². The van der Waals surface area contributed by atoms with E-state index in [1.165, 1.54) is 6.42 Å². The van der Waals surface area contributed by atoms with Gasteiger partial charge in [-0.15, -0.1) is 0 Å². The van der Waals surface area contributed by atoms with Gasteiger partial charge in [-0.3, -0.25) is 15.0 Å². The van der Waals surface area contributed by atoms with Crippen molar-refractivity contribution in [2.24, 2.45) is 0 Å². The van der Waals surface area contributed by atoms with Crippen LogP contribution in [0.2, 0.25) is 0 Å². The molecule has 3 rings (SSSR count). The average Bonchev–Trinajstić information content (AvgIpc) is 3.39. The highest BCUT2D eigenvalue weighted by molar-refractivity contribution is 5.90. The normalized spacial score (nSPS) is 15.3. The Morgan fingerprint density at radius 2 is 2.04 bits per heavy atom. The van der Waals surface area contributed by atoms with Crippen molar-refractivity contribution in [3.63, 3.8) is 0 Å². The summed E-state index contributed by atoms with van der Waals surface area (Å²) in [5, 5.41) is 20.2. The number of nitrogens with one attached hydrogen (secondary N) is 4. The number of piperidine rings is 1. The van der Waals surface area contributed by atoms with E-state index in [2.05, 4.69) is 44.9 Å². The molecule has 1 saturated heterocycles. The molecule has 7 heteroatoms. The van der Waals surface area contributed by atoms with Crippen molar-refractivity contribution in [1.82, 2.24) is 25.7 Å². The van der Waals surface area contributed by atoms with E-state index in [9.17, 15) is 4.79 Å². The number of allylic oxidation sites excluding steroid dienone is 3. The van der Waals surface area contributed by atoms with E-state index in [1.54, 1.807) is 6.20 Å². The Balaban J connectivity index is 0.000000878. The summed E-state index contributed by atoms with van der Waals surface area (Å²) in [6.45, 7) is 8.30. The number of hydrogen-bond acceptors (Lipinski definition) is 4. The number of amides is 1. The molecule has 0 aromatic carbocycles. The number of nitrogens with zero attached hydrogens (tertiary/aromatic N) is 2. The van der Waals surface area contributed by atoms with Crippen LogP contribution in [0, 0.1) is 0 Å². The highest BCUT2D eigenvalue weighted by Gasteiger charge is 2.17. The molecule has 1 fully saturated rings. The van der Waals surface area contributed by atoms with Crippen molar-refractivity contribution < 1.29 is 4.79 Å². The third kappa shape index (κ3) is 7.15. The van der Waals surface area contributed by atoms with E-state index in [0.717, 1.165) is 42.9 Å². The summed E-state index contributed by atoms with van der Waals surface area (Å²) >= 11 is 0. The van der Waals surface area contributed by atoms with Crippen LogP contribution in [0.5, 0.6) is 0 Å². The molecule has 1 aliphatic heterocycles. The lowest BCUT2D eigenvalue weighted by Crippen LogP contribution is -2.26. The molecule has 0 radical (unpaired) electrons. The Bertz CT molecular complexity index is 754. The SMILES string of the molecule is C/C(=C\C=C/CC(=O)Nc1cc(C2CCNCC2)[nH]n1)c1ccn[nH]1.CCC. The summed E-state index contributed by atoms with van der Waals surface area (Å²) in [4.78, 5) is 12.0. The monoisotopic (exact) mass is 384 g/mol. The van der Waals surface area contributed by atoms with Gasteiger partial charge in [-0.25, -0.2) is 0 Å². The molecule has 152 valence electrons. The van der Waals surface area contributed by atoms with Crippen LogP contribution < -0.4 is 10.6 Å². The lowest BCUT2D eigenvalue weighted by Gasteiger charge is -2.20. The first kappa shape index (κ1) is 21.6. The van der Waals surface area contributed by atoms with Crippen molar-refractivity contribution in [3.8, 4) is 0 Å². The molecule has 0 unspecified atom stereocenters. The van der Waals surface area contributed by atoms with Crippen LogP contribution in [-0.2, 0) is 4.79 Å². The molecule has 2 aromatic rings. The van der Waals surface area contributed by atoms with Gasteiger partial charge in [0.05, 0.1) is 5.69 Å². The fourth-order valence-corrected chi connectivity index (χ4v) is 2.89. The van der Waals surface area contributed by atoms with Crippen LogP contribution in [0.15, 0.2) is 36.6 Å². The number of carbonyl (C=O) groups is 1. The fraction of sp³-hybridized carbons (Fsp3) is 0.476. The third-order valence-corrected chi connectivity index (χ3v) is 4.36. The molecule has 0 bridgehead atoms. The molecular weight excluding hydrogens is 352 g/mol. The molecule has 3 heterocycles. The Morgan fingerprint density at radius 1 is 1.29 bits per heavy atom. The number of anilines is 1. The van der Waals surface area contributed by atoms with Gasteiger partial charge in [-0.2, -0.15) is 10.2 Å². The van der Waals surface area contributed by atoms with Crippen molar-refractivity contribution in [3.05, 3.63) is 47.9 Å². The maximum Gasteiger partial charge on any atom is 0.229 e. The molecule has 0 aliphatic carbocycles. The zero-order valence-corrected chi connectivity index (χ0v) is 17.1. The first-order chi connectivity index (χ1) is 13.6. The first-order valence-electron chi connectivity index (χ1n) is 10.0. The summed E-state index contributed by atoms with van der Waals surface area (Å²) in [7, 11) is 0. The Morgan fingerprint density at radius 3 is 2.71 bits per heavy atom. The van der Waals surface area contributed by atoms with Gasteiger partial charge in [0, 0.05) is 30.3 Å². The van der Waals surface area contributed by atoms with Crippen LogP contribution in [0.25, 0.3) is 5.57 Å². The van der Waals surface area contributed by atoms with E-state index in [-0.39, 0.29) is 5.91 Å². The number of hydrogen-bond donors (Lipinski definition) is 4. The van der Waals surface area contributed by atoms with Gasteiger partial charge in [0.15, 0.2) is 5.82 Å². The Kier molecular flexibility index (Phi) is 9.21. The first-order valence-corrected chi connectivity index (χ1v) is 10.0. The molecule has 1 amide bonds. The summed E-state index contributed by atoms with van der Waals surface area (Å²) in [6.07, 6.45) is 11.1. The highest BCUT2D eigenvalue weighted by Crippen LogP contribution is 2.24. The second kappa shape index (κ2) is 11.9. The van der Waals surface area contributed by atoms with Gasteiger partial charge in [-0.1, -0.05) is 38.5 Å². The minimum Gasteiger partial charge on any atom is -0.317 e. The van der Waals surface area contributed by atoms with Gasteiger partial charge < -0.3 is 10.6 Å². The zero-order valence-electron chi connectivity index (χ0n) is 17.1. The van der Waals surface area contributed by atoms with E-state index in [1.807, 2.05) is 37.3 Å². The minimum absolute atomic E-state index is 0.0767. The Hall–Kier alpha value is -2.67. The standard InChI is InChI=1S/C18H24N6O.C3H8/c1-13(15-8-11-20-22-15)4-2-3-5-18(25)21-17-12-16(23-24-17)14-6-9-19-10-7-14;1-3-2/h2-4,8,11-12,14,19H,5-7,9-10H2,1H3,(H,20,22)(H2,21,23,24,25);3H2,1-2H3/b3-2-,13-4+;. The highest BCUT2D eigenvalue weighted by atomic mass is 16.1. The van der Waals surface area contributed by atoms with E-state index in [0.29, 0.717) is 18.2 Å². The predicted octanol–water partition coefficient (Wildman–Crippen LogP) is 4.00. The molecule has 0 spiro atoms. The lowest BCUT2D eigenvalue weighted by molar-refractivity contribution is -0.115. The lowest BCUT2D eigenvalue weighted by atomic mass is 9.95. The number of aromatic nitrogens is 4. The quantitative estimate of drug-likeness (QED) is 0.566. The summed E-state index contributed by atoms with van der Waals surface area (Å²) < 4.78 is 0. The Labute approximate surface area is 167 Å². The fourth-order valence-electron chi connectivity index (χ4n) is 2.89. The van der Waals surface area contributed by atoms with Crippen LogP contribution in [0.4, 0.5) is 5.82 Å². The summed E-state index contributed by atoms with van der Waals surface area (Å²) in [5.74, 6) is 1.01. The molecule has 2 aromatic heterocycles. The van der Waals surface area contributed by atoms with Crippen molar-refractivity contribution in [2.45, 2.75) is 52.4 Å². The van der Waals surface area contributed by atoms with Crippen molar-refractivity contribution >= 4 is 17.3 Å². The van der Waals surface area contributed by atoms with E-state index >= 15 is 0 Å². The van der Waals surface area contributed by atoms with Crippen LogP contribution in [0.1, 0.15) is 63.8 Å². The van der Waals surface area contributed by atoms with Gasteiger partial charge in [-0.05, 0) is 44.5 Å². The van der Waals surface area contributed by atoms with Crippen LogP contribution in [-0.4, -0.2) is 39.4 Å². The van der Waals surface area contributed by atoms with E-state index in [4.69, 9.17) is 0 Å². The molecule has 7 nitrogen and oxygen atoms in total. The van der Waals surface area contributed by atoms with Gasteiger partial charge in [0.25, 0.3) is 0 Å². The molecule has 0 atom stereocenters. The molecule has 28 heavy (non-hydrogen) atoms. The topological polar surface area (TPSA) is 98.5 Å². The average molecular weight is 385 g/mol. The number of aromatic amines is 2. The molecule has 4 N–H and O–H groups in total. The smallest absolute Gasteiger partial charge is 0.229 e. The van der Waals surface area contributed by atoms with Gasteiger partial charge >= 0.3 is 0 Å². The summed E-state index contributed by atoms with van der Waals surface area (Å²) in [5.41, 5.74) is 3.13. The van der Waals surface area contributed by atoms with Gasteiger partial charge in [0.2, 0.25) is 5.91 Å². The number of H-pyrrole nitrogens is 2. The molecule has 0 saturated carbocycles. The molecular formula is C21H32N6O. The van der Waals surface area contributed by atoms with E-state index < -0.39 is 0 Å². The molecule has 1 aliphatic rings. The predicted molar refractivity (Wildman–Crippen MR) is 114 cm³/mol. The van der Waals surface area contributed by atoms with Crippen molar-refractivity contribution in [2.75, 3.05) is 18.4 Å². The van der Waals surface area contributed by atoms with Crippen molar-refractivity contribution in [1.29, 1.82) is 0 Å². The van der Waals surface area contributed by atoms with Crippen LogP contribution in [0.3, 0.4) is 0 Å². The third-order valence-electron chi connectivity index (χ3n) is 4.36. The summed E-state index contributed by atoms with van der Waals surface area (Å²) in [6, 6.07) is 3.85. The minimum atomic E-state index is -0.0767. The zero-order chi connectivity index (χ0) is 20.2. The largest absolute Gasteiger partial charge is 0.317 e.